The van der Waals surface area contributed by atoms with E-state index in [-0.39, 0.29) is 6.61 Å². The molecule has 0 amide bonds. The van der Waals surface area contributed by atoms with Gasteiger partial charge in [-0.15, -0.1) is 0 Å². The number of aliphatic hydroxyl groups is 4. The molecule has 0 bridgehead atoms. The molecule has 1 aliphatic heterocycles. The van der Waals surface area contributed by atoms with Gasteiger partial charge in [-0.3, -0.25) is 0 Å². The number of carboxylic acid groups (broad SMARTS) is 1. The second-order valence-electron chi connectivity index (χ2n) is 5.79. The number of carboxylic acids is 1. The maximum absolute atomic E-state index is 11.6. The van der Waals surface area contributed by atoms with Crippen LogP contribution in [0.3, 0.4) is 0 Å². The van der Waals surface area contributed by atoms with E-state index >= 15 is 0 Å². The van der Waals surface area contributed by atoms with Gasteiger partial charge in [0.25, 0.3) is 5.79 Å². The molecule has 1 heterocycles. The summed E-state index contributed by atoms with van der Waals surface area (Å²) in [4.78, 5) is 11.6. The van der Waals surface area contributed by atoms with Gasteiger partial charge < -0.3 is 40.7 Å². The van der Waals surface area contributed by atoms with Gasteiger partial charge in [-0.25, -0.2) is 4.79 Å². The van der Waals surface area contributed by atoms with Crippen LogP contribution in [0.5, 0.6) is 0 Å². The third kappa shape index (κ3) is 4.83. The molecule has 0 aliphatic carbocycles. The normalized spacial score (nSPS) is 34.1. The molecule has 0 aromatic carbocycles. The van der Waals surface area contributed by atoms with Crippen LogP contribution in [0.25, 0.3) is 0 Å². The average Bonchev–Trinajstić information content (AvgIpc) is 2.53. The monoisotopic (exact) mass is 337 g/mol. The Morgan fingerprint density at radius 3 is 2.61 bits per heavy atom. The lowest BCUT2D eigenvalue weighted by molar-refractivity contribution is -0.309. The quantitative estimate of drug-likeness (QED) is 0.265. The van der Waals surface area contributed by atoms with E-state index in [0.717, 1.165) is 12.8 Å². The highest BCUT2D eigenvalue weighted by molar-refractivity contribution is 5.76. The van der Waals surface area contributed by atoms with Gasteiger partial charge in [0, 0.05) is 6.42 Å². The van der Waals surface area contributed by atoms with Crippen molar-refractivity contribution in [2.24, 2.45) is 5.73 Å². The Hall–Kier alpha value is -0.810. The first-order valence-corrected chi connectivity index (χ1v) is 7.75. The Morgan fingerprint density at radius 1 is 1.43 bits per heavy atom. The largest absolute Gasteiger partial charge is 0.477 e. The summed E-state index contributed by atoms with van der Waals surface area (Å²) in [5, 5.41) is 47.9. The van der Waals surface area contributed by atoms with Crippen LogP contribution in [-0.2, 0) is 14.3 Å². The van der Waals surface area contributed by atoms with Crippen molar-refractivity contribution in [3.05, 3.63) is 0 Å². The smallest absolute Gasteiger partial charge is 0.364 e. The number of aliphatic hydroxyl groups excluding tert-OH is 4. The van der Waals surface area contributed by atoms with Crippen molar-refractivity contribution in [2.75, 3.05) is 13.2 Å². The molecule has 0 aromatic heterocycles. The highest BCUT2D eigenvalue weighted by Crippen LogP contribution is 2.32. The summed E-state index contributed by atoms with van der Waals surface area (Å²) in [6.45, 7) is 1.32. The molecule has 1 rings (SSSR count). The van der Waals surface area contributed by atoms with E-state index in [1.54, 1.807) is 0 Å². The Kier molecular flexibility index (Phi) is 7.81. The van der Waals surface area contributed by atoms with E-state index in [9.17, 15) is 25.2 Å². The fourth-order valence-electron chi connectivity index (χ4n) is 2.48. The fraction of sp³-hybridized carbons (Fsp3) is 0.929. The maximum atomic E-state index is 11.6. The van der Waals surface area contributed by atoms with Crippen LogP contribution in [-0.4, -0.2) is 81.0 Å². The summed E-state index contributed by atoms with van der Waals surface area (Å²) in [5.74, 6) is -3.60. The van der Waals surface area contributed by atoms with Crippen LogP contribution in [0.1, 0.15) is 32.6 Å². The molecule has 0 saturated carbocycles. The highest BCUT2D eigenvalue weighted by atomic mass is 16.7. The Bertz CT molecular complexity index is 382. The fourth-order valence-corrected chi connectivity index (χ4v) is 2.48. The molecule has 0 radical (unpaired) electrons. The lowest BCUT2D eigenvalue weighted by Crippen LogP contribution is -2.66. The minimum Gasteiger partial charge on any atom is -0.477 e. The number of nitrogens with two attached hydrogens (primary N) is 1. The molecule has 0 aromatic rings. The maximum Gasteiger partial charge on any atom is 0.364 e. The third-order valence-electron chi connectivity index (χ3n) is 3.95. The molecule has 23 heavy (non-hydrogen) atoms. The molecular formula is C14H27NO8. The van der Waals surface area contributed by atoms with Gasteiger partial charge in [0.05, 0.1) is 25.4 Å². The Morgan fingerprint density at radius 2 is 2.09 bits per heavy atom. The lowest BCUT2D eigenvalue weighted by Gasteiger charge is -2.45. The van der Waals surface area contributed by atoms with Crippen LogP contribution in [0.15, 0.2) is 0 Å². The third-order valence-corrected chi connectivity index (χ3v) is 3.95. The second-order valence-corrected chi connectivity index (χ2v) is 5.79. The van der Waals surface area contributed by atoms with Crippen molar-refractivity contribution in [1.82, 2.24) is 0 Å². The molecule has 0 spiro atoms. The van der Waals surface area contributed by atoms with Crippen LogP contribution >= 0.6 is 0 Å². The minimum absolute atomic E-state index is 0.105. The van der Waals surface area contributed by atoms with Crippen molar-refractivity contribution < 1.29 is 39.8 Å². The van der Waals surface area contributed by atoms with Crippen molar-refractivity contribution in [3.8, 4) is 0 Å². The second kappa shape index (κ2) is 8.88. The molecule has 1 fully saturated rings. The van der Waals surface area contributed by atoms with E-state index < -0.39 is 55.2 Å². The number of unbranched alkanes of at least 4 members (excludes halogenated alkanes) is 2. The van der Waals surface area contributed by atoms with Gasteiger partial charge in [-0.05, 0) is 6.42 Å². The summed E-state index contributed by atoms with van der Waals surface area (Å²) >= 11 is 0. The first kappa shape index (κ1) is 20.2. The number of ether oxygens (including phenoxy) is 2. The number of hydrogen-bond acceptors (Lipinski definition) is 8. The zero-order valence-electron chi connectivity index (χ0n) is 13.2. The van der Waals surface area contributed by atoms with E-state index in [4.69, 9.17) is 20.3 Å². The predicted molar refractivity (Wildman–Crippen MR) is 78.4 cm³/mol. The highest BCUT2D eigenvalue weighted by Gasteiger charge is 2.54. The van der Waals surface area contributed by atoms with Gasteiger partial charge in [-0.1, -0.05) is 19.8 Å². The minimum atomic E-state index is -2.15. The first-order valence-electron chi connectivity index (χ1n) is 7.75. The van der Waals surface area contributed by atoms with Gasteiger partial charge in [0.15, 0.2) is 0 Å². The molecule has 136 valence electrons. The number of rotatable bonds is 9. The van der Waals surface area contributed by atoms with Crippen LogP contribution in [0.4, 0.5) is 0 Å². The summed E-state index contributed by atoms with van der Waals surface area (Å²) in [5.41, 5.74) is 5.74. The number of aliphatic carboxylic acids is 1. The number of carbonyl (C=O) groups is 1. The van der Waals surface area contributed by atoms with E-state index in [2.05, 4.69) is 0 Å². The van der Waals surface area contributed by atoms with Gasteiger partial charge in [-0.2, -0.15) is 0 Å². The van der Waals surface area contributed by atoms with Crippen LogP contribution < -0.4 is 5.73 Å². The zero-order chi connectivity index (χ0) is 17.6. The average molecular weight is 337 g/mol. The summed E-state index contributed by atoms with van der Waals surface area (Å²) in [6.07, 6.45) is -3.97. The lowest BCUT2D eigenvalue weighted by atomic mass is 9.89. The molecule has 9 heteroatoms. The first-order chi connectivity index (χ1) is 10.8. The van der Waals surface area contributed by atoms with E-state index in [1.165, 1.54) is 0 Å². The van der Waals surface area contributed by atoms with E-state index in [1.807, 2.05) is 6.92 Å². The number of hydrogen-bond donors (Lipinski definition) is 6. The summed E-state index contributed by atoms with van der Waals surface area (Å²) in [6, 6.07) is -1.13. The summed E-state index contributed by atoms with van der Waals surface area (Å²) in [7, 11) is 0. The van der Waals surface area contributed by atoms with Gasteiger partial charge in [0.1, 0.15) is 18.3 Å². The van der Waals surface area contributed by atoms with Crippen molar-refractivity contribution in [2.45, 2.75) is 68.9 Å². The predicted octanol–water partition coefficient (Wildman–Crippen LogP) is -1.83. The van der Waals surface area contributed by atoms with Crippen molar-refractivity contribution in [3.63, 3.8) is 0 Å². The Labute approximate surface area is 134 Å². The molecule has 9 nitrogen and oxygen atoms in total. The molecule has 0 unspecified atom stereocenters. The topological polar surface area (TPSA) is 163 Å². The SMILES string of the molecule is CCCCCO[C@@]1(C(=O)O)C[C@H](O)[C@@H](N)[C@H]([C@H](O)[C@H](O)CO)O1. The summed E-state index contributed by atoms with van der Waals surface area (Å²) < 4.78 is 10.7. The van der Waals surface area contributed by atoms with Gasteiger partial charge in [0.2, 0.25) is 0 Å². The molecule has 7 N–H and O–H groups in total. The molecular weight excluding hydrogens is 310 g/mol. The van der Waals surface area contributed by atoms with Crippen LogP contribution in [0, 0.1) is 0 Å². The standard InChI is InChI=1S/C14H27NO8/c1-2-3-4-5-22-14(13(20)21)6-8(17)10(15)12(23-14)11(19)9(18)7-16/h8-12,16-19H,2-7,15H2,1H3,(H,20,21)/t8-,9+,10+,11+,12+,14-/m0/s1. The Balaban J connectivity index is 2.91. The van der Waals surface area contributed by atoms with Crippen molar-refractivity contribution >= 4 is 5.97 Å². The molecule has 1 saturated heterocycles. The van der Waals surface area contributed by atoms with Crippen molar-refractivity contribution in [1.29, 1.82) is 0 Å². The molecule has 6 atom stereocenters. The van der Waals surface area contributed by atoms with Gasteiger partial charge >= 0.3 is 5.97 Å². The molecule has 1 aliphatic rings. The van der Waals surface area contributed by atoms with E-state index in [0.29, 0.717) is 6.42 Å². The zero-order valence-corrected chi connectivity index (χ0v) is 13.2. The van der Waals surface area contributed by atoms with Crippen LogP contribution in [0.2, 0.25) is 0 Å².